The van der Waals surface area contributed by atoms with Crippen molar-refractivity contribution in [1.29, 1.82) is 0 Å². The number of aliphatic hydroxyl groups excluding tert-OH is 1. The number of para-hydroxylation sites is 2. The van der Waals surface area contributed by atoms with E-state index in [1.165, 1.54) is 12.0 Å². The molecule has 33 heavy (non-hydrogen) atoms. The number of amides is 1. The molecular weight excluding hydrogens is 418 g/mol. The summed E-state index contributed by atoms with van der Waals surface area (Å²) in [5, 5.41) is 11.4. The minimum atomic E-state index is -0.864. The van der Waals surface area contributed by atoms with E-state index < -0.39 is 17.7 Å². The molecule has 0 aliphatic carbocycles. The van der Waals surface area contributed by atoms with Crippen LogP contribution in [0.2, 0.25) is 0 Å². The van der Waals surface area contributed by atoms with Gasteiger partial charge in [0.1, 0.15) is 11.5 Å². The molecule has 0 bridgehead atoms. The average Bonchev–Trinajstić information content (AvgIpc) is 3.37. The number of rotatable bonds is 4. The zero-order valence-electron chi connectivity index (χ0n) is 18.1. The summed E-state index contributed by atoms with van der Waals surface area (Å²) in [5.74, 6) is -1.20. The minimum absolute atomic E-state index is 0.0180. The van der Waals surface area contributed by atoms with Crippen molar-refractivity contribution in [3.8, 4) is 5.75 Å². The Balaban J connectivity index is 1.76. The van der Waals surface area contributed by atoms with Gasteiger partial charge in [0, 0.05) is 0 Å². The third kappa shape index (κ3) is 3.34. The monoisotopic (exact) mass is 439 g/mol. The molecule has 1 unspecified atom stereocenters. The number of H-pyrrole nitrogens is 1. The second-order valence-electron chi connectivity index (χ2n) is 7.86. The molecule has 1 aliphatic heterocycles. The van der Waals surface area contributed by atoms with Crippen LogP contribution in [0, 0.1) is 6.92 Å². The van der Waals surface area contributed by atoms with Crippen LogP contribution < -0.4 is 9.64 Å². The first-order valence-electron chi connectivity index (χ1n) is 10.5. The van der Waals surface area contributed by atoms with Crippen LogP contribution in [-0.4, -0.2) is 33.9 Å². The van der Waals surface area contributed by atoms with E-state index in [2.05, 4.69) is 9.97 Å². The highest BCUT2D eigenvalue weighted by molar-refractivity contribution is 6.51. The number of aryl methyl sites for hydroxylation is 1. The molecule has 1 amide bonds. The molecule has 7 heteroatoms. The van der Waals surface area contributed by atoms with Crippen LogP contribution in [0.25, 0.3) is 16.8 Å². The van der Waals surface area contributed by atoms with Crippen molar-refractivity contribution in [3.63, 3.8) is 0 Å². The zero-order valence-corrected chi connectivity index (χ0v) is 18.1. The van der Waals surface area contributed by atoms with Gasteiger partial charge < -0.3 is 14.8 Å². The van der Waals surface area contributed by atoms with Gasteiger partial charge in [0.15, 0.2) is 0 Å². The maximum atomic E-state index is 13.3. The minimum Gasteiger partial charge on any atom is -0.507 e. The molecule has 0 radical (unpaired) electrons. The highest BCUT2D eigenvalue weighted by Crippen LogP contribution is 2.42. The number of fused-ring (bicyclic) bond motifs is 1. The van der Waals surface area contributed by atoms with Crippen molar-refractivity contribution < 1.29 is 19.4 Å². The smallest absolute Gasteiger partial charge is 0.302 e. The Morgan fingerprint density at radius 2 is 1.76 bits per heavy atom. The van der Waals surface area contributed by atoms with E-state index in [0.717, 1.165) is 11.1 Å². The first-order chi connectivity index (χ1) is 16.0. The third-order valence-electron chi connectivity index (χ3n) is 5.77. The number of hydrogen-bond donors (Lipinski definition) is 2. The number of ether oxygens (including phenoxy) is 1. The van der Waals surface area contributed by atoms with Crippen molar-refractivity contribution in [1.82, 2.24) is 9.97 Å². The number of aromatic amines is 1. The molecular formula is C26H21N3O4. The number of aromatic nitrogens is 2. The van der Waals surface area contributed by atoms with Gasteiger partial charge in [0.05, 0.1) is 35.3 Å². The lowest BCUT2D eigenvalue weighted by molar-refractivity contribution is -0.132. The molecule has 5 rings (SSSR count). The second kappa shape index (κ2) is 7.94. The molecule has 1 fully saturated rings. The molecule has 4 aromatic rings. The highest BCUT2D eigenvalue weighted by atomic mass is 16.5. The van der Waals surface area contributed by atoms with Crippen molar-refractivity contribution in [2.24, 2.45) is 0 Å². The first kappa shape index (κ1) is 20.5. The third-order valence-corrected chi connectivity index (χ3v) is 5.77. The average molecular weight is 439 g/mol. The fourth-order valence-corrected chi connectivity index (χ4v) is 4.21. The number of anilines is 1. The summed E-state index contributed by atoms with van der Waals surface area (Å²) in [6.45, 7) is 1.87. The lowest BCUT2D eigenvalue weighted by atomic mass is 9.94. The van der Waals surface area contributed by atoms with E-state index in [1.54, 1.807) is 12.1 Å². The van der Waals surface area contributed by atoms with Crippen LogP contribution in [0.15, 0.2) is 78.4 Å². The molecule has 0 saturated carbocycles. The number of carbonyl (C=O) groups excluding carboxylic acids is 2. The van der Waals surface area contributed by atoms with Gasteiger partial charge >= 0.3 is 5.91 Å². The number of nitrogens with zero attached hydrogens (tertiary/aromatic N) is 2. The lowest BCUT2D eigenvalue weighted by Crippen LogP contribution is -2.30. The van der Waals surface area contributed by atoms with Gasteiger partial charge in [0.25, 0.3) is 5.78 Å². The molecule has 0 spiro atoms. The Morgan fingerprint density at radius 3 is 2.48 bits per heavy atom. The molecule has 1 aliphatic rings. The predicted octanol–water partition coefficient (Wildman–Crippen LogP) is 4.51. The Kier molecular flexibility index (Phi) is 4.94. The number of Topliss-reactive ketones (excluding diaryl/α,β-unsaturated/α-hetero) is 1. The summed E-state index contributed by atoms with van der Waals surface area (Å²) in [7, 11) is 1.49. The molecule has 3 aromatic carbocycles. The Hall–Kier alpha value is -4.39. The van der Waals surface area contributed by atoms with Gasteiger partial charge in [-0.1, -0.05) is 54.1 Å². The summed E-state index contributed by atoms with van der Waals surface area (Å²) in [4.78, 5) is 35.6. The number of imidazole rings is 1. The van der Waals surface area contributed by atoms with Gasteiger partial charge in [0.2, 0.25) is 5.95 Å². The van der Waals surface area contributed by atoms with Crippen LogP contribution in [0.3, 0.4) is 0 Å². The van der Waals surface area contributed by atoms with E-state index in [4.69, 9.17) is 4.74 Å². The normalized spacial score (nSPS) is 17.6. The number of hydrogen-bond acceptors (Lipinski definition) is 5. The van der Waals surface area contributed by atoms with Crippen LogP contribution in [0.1, 0.15) is 22.7 Å². The molecule has 1 atom stereocenters. The molecule has 7 nitrogen and oxygen atoms in total. The van der Waals surface area contributed by atoms with Gasteiger partial charge in [-0.05, 0) is 36.8 Å². The van der Waals surface area contributed by atoms with Gasteiger partial charge in [-0.15, -0.1) is 0 Å². The molecule has 1 aromatic heterocycles. The Labute approximate surface area is 190 Å². The number of ketones is 1. The summed E-state index contributed by atoms with van der Waals surface area (Å²) >= 11 is 0. The maximum absolute atomic E-state index is 13.3. The van der Waals surface area contributed by atoms with E-state index in [1.807, 2.05) is 67.6 Å². The molecule has 164 valence electrons. The lowest BCUT2D eigenvalue weighted by Gasteiger charge is -2.23. The Morgan fingerprint density at radius 1 is 1.03 bits per heavy atom. The van der Waals surface area contributed by atoms with Crippen molar-refractivity contribution in [2.45, 2.75) is 13.0 Å². The topological polar surface area (TPSA) is 95.5 Å². The van der Waals surface area contributed by atoms with E-state index >= 15 is 0 Å². The highest BCUT2D eigenvalue weighted by Gasteiger charge is 2.48. The first-order valence-corrected chi connectivity index (χ1v) is 10.5. The zero-order chi connectivity index (χ0) is 23.1. The van der Waals surface area contributed by atoms with Crippen molar-refractivity contribution in [2.75, 3.05) is 12.0 Å². The summed E-state index contributed by atoms with van der Waals surface area (Å²) in [5.41, 5.74) is 3.28. The summed E-state index contributed by atoms with van der Waals surface area (Å²) < 4.78 is 5.41. The quantitative estimate of drug-likeness (QED) is 0.277. The number of nitrogens with one attached hydrogen (secondary N) is 1. The predicted molar refractivity (Wildman–Crippen MR) is 125 cm³/mol. The molecule has 2 N–H and O–H groups in total. The fourth-order valence-electron chi connectivity index (χ4n) is 4.21. The SMILES string of the molecule is COc1ccc(C)cc1/C(O)=C1\C(=O)C(=O)N(c2nc3ccccc3[nH]2)C1c1ccccc1. The van der Waals surface area contributed by atoms with Crippen LogP contribution in [0.5, 0.6) is 5.75 Å². The summed E-state index contributed by atoms with van der Waals surface area (Å²) in [6.07, 6.45) is 0. The van der Waals surface area contributed by atoms with E-state index in [9.17, 15) is 14.7 Å². The molecule has 1 saturated heterocycles. The van der Waals surface area contributed by atoms with E-state index in [-0.39, 0.29) is 17.3 Å². The number of aliphatic hydroxyl groups is 1. The van der Waals surface area contributed by atoms with Crippen LogP contribution in [-0.2, 0) is 9.59 Å². The Bertz CT molecular complexity index is 1390. The number of benzene rings is 3. The largest absolute Gasteiger partial charge is 0.507 e. The van der Waals surface area contributed by atoms with Gasteiger partial charge in [-0.3, -0.25) is 14.5 Å². The summed E-state index contributed by atoms with van der Waals surface area (Å²) in [6, 6.07) is 20.9. The van der Waals surface area contributed by atoms with Crippen LogP contribution in [0.4, 0.5) is 5.95 Å². The van der Waals surface area contributed by atoms with Crippen molar-refractivity contribution in [3.05, 3.63) is 95.1 Å². The van der Waals surface area contributed by atoms with E-state index in [0.29, 0.717) is 22.4 Å². The van der Waals surface area contributed by atoms with Crippen LogP contribution >= 0.6 is 0 Å². The second-order valence-corrected chi connectivity index (χ2v) is 7.86. The fraction of sp³-hybridized carbons (Fsp3) is 0.115. The maximum Gasteiger partial charge on any atom is 0.302 e. The molecule has 2 heterocycles. The van der Waals surface area contributed by atoms with Gasteiger partial charge in [-0.25, -0.2) is 4.98 Å². The number of carbonyl (C=O) groups is 2. The standard InChI is InChI=1S/C26H21N3O4/c1-15-12-13-20(33-2)17(14-15)23(30)21-22(16-8-4-3-5-9-16)29(25(32)24(21)31)26-27-18-10-6-7-11-19(18)28-26/h3-14,22,30H,1-2H3,(H,27,28)/b23-21+. The number of methoxy groups -OCH3 is 1. The van der Waals surface area contributed by atoms with Crippen molar-refractivity contribution >= 4 is 34.4 Å². The van der Waals surface area contributed by atoms with Gasteiger partial charge in [-0.2, -0.15) is 0 Å².